The number of hydrogen-bond acceptors (Lipinski definition) is 3. The van der Waals surface area contributed by atoms with Gasteiger partial charge >= 0.3 is 0 Å². The minimum atomic E-state index is 0. The lowest BCUT2D eigenvalue weighted by atomic mass is 9.88. The number of guanidine groups is 1. The van der Waals surface area contributed by atoms with Crippen LogP contribution in [0.3, 0.4) is 0 Å². The van der Waals surface area contributed by atoms with Crippen LogP contribution >= 0.6 is 35.7 Å². The molecule has 1 saturated carbocycles. The summed E-state index contributed by atoms with van der Waals surface area (Å²) < 4.78 is 0. The van der Waals surface area contributed by atoms with Crippen LogP contribution in [0, 0.1) is 5.92 Å². The van der Waals surface area contributed by atoms with E-state index in [0.29, 0.717) is 11.2 Å². The van der Waals surface area contributed by atoms with E-state index in [1.807, 2.05) is 24.9 Å². The molecule has 0 spiro atoms. The Bertz CT molecular complexity index is 651. The summed E-state index contributed by atoms with van der Waals surface area (Å²) in [6.07, 6.45) is 6.86. The Morgan fingerprint density at radius 3 is 2.62 bits per heavy atom. The first-order valence-electron chi connectivity index (χ1n) is 10.6. The molecule has 0 radical (unpaired) electrons. The first-order chi connectivity index (χ1) is 13.7. The maximum atomic E-state index is 12.7. The molecule has 2 N–H and O–H groups in total. The maximum Gasteiger partial charge on any atom is 0.225 e. The molecule has 2 fully saturated rings. The summed E-state index contributed by atoms with van der Waals surface area (Å²) in [5.41, 5.74) is 0. The molecule has 1 aliphatic heterocycles. The van der Waals surface area contributed by atoms with E-state index < -0.39 is 0 Å². The minimum absolute atomic E-state index is 0. The van der Waals surface area contributed by atoms with Crippen molar-refractivity contribution in [2.75, 3.05) is 26.7 Å². The van der Waals surface area contributed by atoms with Crippen molar-refractivity contribution in [1.82, 2.24) is 15.5 Å². The molecule has 2 unspecified atom stereocenters. The highest BCUT2D eigenvalue weighted by Gasteiger charge is 2.31. The molecule has 1 amide bonds. The van der Waals surface area contributed by atoms with E-state index in [2.05, 4.69) is 51.7 Å². The molecule has 7 heteroatoms. The number of aliphatic imine (C=N–C) groups is 1. The Morgan fingerprint density at radius 2 is 1.93 bits per heavy atom. The number of hydrogen-bond donors (Lipinski definition) is 2. The summed E-state index contributed by atoms with van der Waals surface area (Å²) in [5, 5.41) is 7.39. The smallest absolute Gasteiger partial charge is 0.225 e. The molecular formula is C22H35IN4OS. The van der Waals surface area contributed by atoms with Crippen LogP contribution in [0.25, 0.3) is 0 Å². The van der Waals surface area contributed by atoms with Gasteiger partial charge in [-0.3, -0.25) is 9.79 Å². The van der Waals surface area contributed by atoms with Gasteiger partial charge in [0.1, 0.15) is 0 Å². The van der Waals surface area contributed by atoms with E-state index in [9.17, 15) is 4.79 Å². The molecule has 2 aliphatic rings. The number of rotatable bonds is 6. The lowest BCUT2D eigenvalue weighted by Gasteiger charge is -2.26. The maximum absolute atomic E-state index is 12.7. The quantitative estimate of drug-likeness (QED) is 0.252. The van der Waals surface area contributed by atoms with Crippen molar-refractivity contribution in [1.29, 1.82) is 0 Å². The van der Waals surface area contributed by atoms with Gasteiger partial charge in [-0.2, -0.15) is 0 Å². The van der Waals surface area contributed by atoms with E-state index in [0.717, 1.165) is 44.9 Å². The van der Waals surface area contributed by atoms with Gasteiger partial charge in [0.05, 0.1) is 0 Å². The summed E-state index contributed by atoms with van der Waals surface area (Å²) in [7, 11) is 1.81. The molecule has 2 atom stereocenters. The minimum Gasteiger partial charge on any atom is -0.355 e. The van der Waals surface area contributed by atoms with E-state index in [1.54, 1.807) is 0 Å². The molecule has 162 valence electrons. The van der Waals surface area contributed by atoms with Gasteiger partial charge in [-0.05, 0) is 31.4 Å². The van der Waals surface area contributed by atoms with Gasteiger partial charge < -0.3 is 15.5 Å². The summed E-state index contributed by atoms with van der Waals surface area (Å²) in [6.45, 7) is 4.73. The third kappa shape index (κ3) is 7.66. The van der Waals surface area contributed by atoms with Crippen LogP contribution in [0.15, 0.2) is 40.2 Å². The van der Waals surface area contributed by atoms with Crippen LogP contribution in [-0.2, 0) is 4.79 Å². The monoisotopic (exact) mass is 530 g/mol. The fourth-order valence-electron chi connectivity index (χ4n) is 4.09. The number of thioether (sulfide) groups is 1. The van der Waals surface area contributed by atoms with Crippen LogP contribution in [0.2, 0.25) is 0 Å². The molecule has 1 aromatic rings. The molecule has 29 heavy (non-hydrogen) atoms. The normalized spacial score (nSPS) is 21.4. The zero-order chi connectivity index (χ0) is 19.8. The van der Waals surface area contributed by atoms with Crippen molar-refractivity contribution in [3.8, 4) is 0 Å². The highest BCUT2D eigenvalue weighted by atomic mass is 127. The van der Waals surface area contributed by atoms with E-state index in [4.69, 9.17) is 0 Å². The van der Waals surface area contributed by atoms with Crippen molar-refractivity contribution in [3.63, 3.8) is 0 Å². The predicted octanol–water partition coefficient (Wildman–Crippen LogP) is 4.13. The average molecular weight is 531 g/mol. The number of amides is 1. The summed E-state index contributed by atoms with van der Waals surface area (Å²) in [5.74, 6) is 1.47. The molecule has 1 saturated heterocycles. The van der Waals surface area contributed by atoms with E-state index >= 15 is 0 Å². The second-order valence-corrected chi connectivity index (χ2v) is 9.46. The Hall–Kier alpha value is -0.960. The number of nitrogens with zero attached hydrogens (tertiary/aromatic N) is 2. The number of carbonyl (C=O) groups excluding carboxylic acids is 1. The number of carbonyl (C=O) groups is 1. The second-order valence-electron chi connectivity index (χ2n) is 7.94. The Labute approximate surface area is 196 Å². The van der Waals surface area contributed by atoms with Gasteiger partial charge in [0.15, 0.2) is 5.96 Å². The number of likely N-dealkylation sites (tertiary alicyclic amines) is 1. The molecule has 0 bridgehead atoms. The number of halogens is 1. The van der Waals surface area contributed by atoms with Crippen molar-refractivity contribution >= 4 is 47.6 Å². The largest absolute Gasteiger partial charge is 0.355 e. The number of nitrogens with one attached hydrogen (secondary N) is 2. The summed E-state index contributed by atoms with van der Waals surface area (Å²) in [6, 6.07) is 10.8. The Morgan fingerprint density at radius 1 is 1.21 bits per heavy atom. The van der Waals surface area contributed by atoms with Crippen molar-refractivity contribution in [2.24, 2.45) is 10.9 Å². The summed E-state index contributed by atoms with van der Waals surface area (Å²) in [4.78, 5) is 20.5. The zero-order valence-corrected chi connectivity index (χ0v) is 20.7. The standard InChI is InChI=1S/C22H34N4OS.HI/c1-17(28-20-11-7-4-8-12-20)15-24-22(23-2)25-19-13-14-26(16-19)21(27)18-9-5-3-6-10-18;/h4,7-8,11-12,17-19H,3,5-6,9-10,13-16H2,1-2H3,(H2,23,24,25);1H. The van der Waals surface area contributed by atoms with Gasteiger partial charge in [-0.1, -0.05) is 44.4 Å². The van der Waals surface area contributed by atoms with Crippen LogP contribution in [0.5, 0.6) is 0 Å². The van der Waals surface area contributed by atoms with E-state index in [-0.39, 0.29) is 35.9 Å². The highest BCUT2D eigenvalue weighted by molar-refractivity contribution is 14.0. The van der Waals surface area contributed by atoms with E-state index in [1.165, 1.54) is 24.2 Å². The third-order valence-electron chi connectivity index (χ3n) is 5.66. The summed E-state index contributed by atoms with van der Waals surface area (Å²) >= 11 is 1.86. The SMILES string of the molecule is CN=C(NCC(C)Sc1ccccc1)NC1CCN(C(=O)C2CCCCC2)C1.I. The van der Waals surface area contributed by atoms with Gasteiger partial charge in [-0.15, -0.1) is 35.7 Å². The molecule has 5 nitrogen and oxygen atoms in total. The predicted molar refractivity (Wildman–Crippen MR) is 133 cm³/mol. The highest BCUT2D eigenvalue weighted by Crippen LogP contribution is 2.27. The first-order valence-corrected chi connectivity index (χ1v) is 11.5. The molecule has 1 aliphatic carbocycles. The van der Waals surface area contributed by atoms with Crippen molar-refractivity contribution < 1.29 is 4.79 Å². The molecule has 1 aromatic carbocycles. The second kappa shape index (κ2) is 12.7. The van der Waals surface area contributed by atoms with Gasteiger partial charge in [0.2, 0.25) is 5.91 Å². The molecule has 0 aromatic heterocycles. The van der Waals surface area contributed by atoms with Gasteiger partial charge in [0, 0.05) is 48.8 Å². The Balaban J connectivity index is 0.00000300. The lowest BCUT2D eigenvalue weighted by Crippen LogP contribution is -2.46. The lowest BCUT2D eigenvalue weighted by molar-refractivity contribution is -0.135. The molecular weight excluding hydrogens is 495 g/mol. The molecule has 1 heterocycles. The Kier molecular flexibility index (Phi) is 10.6. The van der Waals surface area contributed by atoms with Crippen LogP contribution in [0.1, 0.15) is 45.4 Å². The average Bonchev–Trinajstić information content (AvgIpc) is 3.20. The van der Waals surface area contributed by atoms with Crippen molar-refractivity contribution in [2.45, 2.75) is 61.6 Å². The number of benzene rings is 1. The zero-order valence-electron chi connectivity index (χ0n) is 17.6. The third-order valence-corrected chi connectivity index (χ3v) is 6.77. The van der Waals surface area contributed by atoms with Crippen molar-refractivity contribution in [3.05, 3.63) is 30.3 Å². The van der Waals surface area contributed by atoms with Crippen LogP contribution in [-0.4, -0.2) is 54.7 Å². The van der Waals surface area contributed by atoms with Gasteiger partial charge in [0.25, 0.3) is 0 Å². The first kappa shape index (κ1) is 24.3. The van der Waals surface area contributed by atoms with Gasteiger partial charge in [-0.25, -0.2) is 0 Å². The molecule has 3 rings (SSSR count). The van der Waals surface area contributed by atoms with Crippen LogP contribution in [0.4, 0.5) is 0 Å². The topological polar surface area (TPSA) is 56.7 Å². The fraction of sp³-hybridized carbons (Fsp3) is 0.636. The van der Waals surface area contributed by atoms with Crippen LogP contribution < -0.4 is 10.6 Å². The fourth-order valence-corrected chi connectivity index (χ4v) is 5.03.